The molecular weight excluding hydrogens is 1840 g/mol. The van der Waals surface area contributed by atoms with Crippen LogP contribution in [0.15, 0.2) is 205 Å². The molecule has 0 aliphatic carbocycles. The summed E-state index contributed by atoms with van der Waals surface area (Å²) >= 11 is 1.89. The van der Waals surface area contributed by atoms with Gasteiger partial charge in [-0.1, -0.05) is 84.9 Å². The number of rotatable bonds is 33. The molecule has 3 fully saturated rings. The average Bonchev–Trinajstić information content (AvgIpc) is 1.64. The molecule has 0 saturated carbocycles. The molecule has 46 nitrogen and oxygen atoms in total. The number of phosphoric ester groups is 3. The van der Waals surface area contributed by atoms with Gasteiger partial charge >= 0.3 is 35.3 Å². The molecule has 9 unspecified atom stereocenters. The Bertz CT molecular complexity index is 5540. The van der Waals surface area contributed by atoms with Crippen LogP contribution in [0.5, 0.6) is 11.5 Å². The number of nitrogens with zero attached hydrogens (tertiary/aromatic N) is 3. The maximum absolute atomic E-state index is 12.7. The molecular formula is C67H71IN8O38P6-6. The Kier molecular flexibility index (Phi) is 33.6. The SMILES string of the molecule is CCOc1ccc(CP(=O)([O-])OP(=O)([O-])OC[C@H]2O[C@@H](n3ccc(=O)[nH]c3=O)C(OC(=O)c3ccccc3)[C@H]2O)cc1.NCCCP(=O)([O-])OP(=O)([O-])OC[C@H]1O[C@@H](n2ccc(=O)[nH]c2=O)C(OC(=O)Oc2ccccc2)[C@H]1O.O=C(Nc1ccccc1)OC1[C@@H](O)[C@@H](COP(=O)([O-])OP(=O)([O-])Cc2ccccc2I)O[C@H]1n1ccc(=O)[nH]c1=O. The zero-order chi connectivity index (χ0) is 87.5. The maximum Gasteiger partial charge on any atom is 0.514 e. The molecule has 120 heavy (non-hydrogen) atoms. The average molecular weight is 1910 g/mol. The van der Waals surface area contributed by atoms with Crippen molar-refractivity contribution in [2.24, 2.45) is 5.73 Å². The Hall–Kier alpha value is -8.70. The number of aliphatic hydroxyl groups excluding tert-OH is 3. The number of nitrogens with one attached hydrogen (secondary N) is 4. The molecule has 9 N–H and O–H groups in total. The molecule has 0 radical (unpaired) electrons. The van der Waals surface area contributed by atoms with Gasteiger partial charge in [-0.15, -0.1) is 0 Å². The summed E-state index contributed by atoms with van der Waals surface area (Å²) in [6.45, 7) is -0.783. The zero-order valence-electron chi connectivity index (χ0n) is 61.6. The van der Waals surface area contributed by atoms with Gasteiger partial charge in [0.25, 0.3) is 40.1 Å². The minimum atomic E-state index is -5.52. The van der Waals surface area contributed by atoms with Crippen molar-refractivity contribution in [3.8, 4) is 11.5 Å². The van der Waals surface area contributed by atoms with E-state index in [0.717, 1.165) is 50.5 Å². The highest BCUT2D eigenvalue weighted by atomic mass is 127. The summed E-state index contributed by atoms with van der Waals surface area (Å²) in [5.41, 5.74) is 1.02. The topological polar surface area (TPSA) is 685 Å². The molecule has 0 bridgehead atoms. The third kappa shape index (κ3) is 28.2. The van der Waals surface area contributed by atoms with Gasteiger partial charge in [0.2, 0.25) is 0 Å². The molecule has 650 valence electrons. The molecule has 53 heteroatoms. The fourth-order valence-electron chi connectivity index (χ4n) is 11.1. The minimum absolute atomic E-state index is 0.0265. The number of benzene rings is 5. The number of hydrogen-bond acceptors (Lipinski definition) is 39. The largest absolute Gasteiger partial charge is 0.778 e. The summed E-state index contributed by atoms with van der Waals surface area (Å²) in [5, 5.41) is 34.8. The molecule has 8 aromatic rings. The van der Waals surface area contributed by atoms with Crippen LogP contribution >= 0.6 is 68.8 Å². The van der Waals surface area contributed by atoms with Crippen LogP contribution in [0.3, 0.4) is 0 Å². The number of halogens is 1. The lowest BCUT2D eigenvalue weighted by Gasteiger charge is -2.32. The molecule has 3 aliphatic rings. The van der Waals surface area contributed by atoms with Crippen molar-refractivity contribution in [3.63, 3.8) is 0 Å². The Balaban J connectivity index is 0.000000205. The minimum Gasteiger partial charge on any atom is -0.778 e. The number of H-pyrrole nitrogens is 3. The predicted octanol–water partition coefficient (Wildman–Crippen LogP) is 0.729. The standard InChI is InChI=1S/C25H28N2O13P2.C23H24IN3O12P2.C19H25N3O13P2/c1-2-36-18-10-8-16(9-11-18)15-41(32,33)40-42(34,35)37-14-19-21(29)22(39-24(30)17-6-4-3-5-7-17)23(38-19)27-13-12-20(28)26-25(27)31;24-16-9-5-4-6-14(16)13-40(32,33)39-41(34,35)36-12-17-19(29)20(38-23(31)25-15-7-2-1-3-8-15)21(37-17)27-11-10-18(28)26-22(27)30;20-8-4-10-36(27,28)35-37(29,30)31-11-13-15(24)16(34-19(26)32-12-5-2-1-3-6-12)17(33-13)22-9-7-14(23)21-18(22)25/h3-13,19,21-23,29H,2,14-15H2,1H3,(H,32,33)(H,34,35)(H,26,28,31);1-11,17,19-21,29H,12-13H2,(H,25,31)(H,32,33)(H,34,35)(H,26,28,30);1-3,5-7,9,13,15-17,24H,4,8,10-11,20H2,(H,27,28)(H,29,30)(H,21,23,25)/p-6/t19-,21+,22?,23-;17-,19+,20?,21-;13-,15+,16?,17-/m111/s1. The number of ether oxygens (including phenoxy) is 8. The number of amides is 1. The number of nitrogens with two attached hydrogens (primary N) is 1. The summed E-state index contributed by atoms with van der Waals surface area (Å²) in [4.78, 5) is 188. The number of carbonyl (C=O) groups excluding carboxylic acids is 3. The van der Waals surface area contributed by atoms with Crippen LogP contribution in [0.2, 0.25) is 0 Å². The van der Waals surface area contributed by atoms with E-state index in [1.165, 1.54) is 54.6 Å². The van der Waals surface area contributed by atoms with Crippen molar-refractivity contribution >= 4 is 92.8 Å². The number of aromatic nitrogens is 6. The first-order chi connectivity index (χ1) is 56.6. The number of phosphoric acid groups is 3. The van der Waals surface area contributed by atoms with E-state index in [0.29, 0.717) is 27.2 Å². The molecule has 5 aromatic carbocycles. The number of carbonyl (C=O) groups is 3. The molecule has 11 rings (SSSR count). The zero-order valence-corrected chi connectivity index (χ0v) is 69.2. The fraction of sp³-hybridized carbons (Fsp3) is 0.328. The van der Waals surface area contributed by atoms with Crippen LogP contribution in [0.4, 0.5) is 15.3 Å². The van der Waals surface area contributed by atoms with E-state index in [-0.39, 0.29) is 29.8 Å². The Morgan fingerprint density at radius 2 is 0.900 bits per heavy atom. The van der Waals surface area contributed by atoms with Crippen LogP contribution in [0, 0.1) is 3.57 Å². The first kappa shape index (κ1) is 95.1. The van der Waals surface area contributed by atoms with Gasteiger partial charge in [0.15, 0.2) is 37.0 Å². The summed E-state index contributed by atoms with van der Waals surface area (Å²) in [6.07, 6.45) is -21.0. The van der Waals surface area contributed by atoms with Crippen molar-refractivity contribution < 1.29 is 151 Å². The summed E-state index contributed by atoms with van der Waals surface area (Å²) < 4.78 is 146. The third-order valence-corrected chi connectivity index (χ3v) is 26.6. The van der Waals surface area contributed by atoms with Gasteiger partial charge < -0.3 is 116 Å². The molecule has 0 spiro atoms. The van der Waals surface area contributed by atoms with E-state index in [2.05, 4.69) is 27.3 Å². The van der Waals surface area contributed by atoms with E-state index >= 15 is 0 Å². The van der Waals surface area contributed by atoms with Crippen molar-refractivity contribution in [2.75, 3.05) is 44.5 Å². The van der Waals surface area contributed by atoms with Crippen molar-refractivity contribution in [3.05, 3.63) is 259 Å². The van der Waals surface area contributed by atoms with Gasteiger partial charge in [0.05, 0.1) is 32.0 Å². The van der Waals surface area contributed by atoms with E-state index in [1.54, 1.807) is 91.9 Å². The lowest BCUT2D eigenvalue weighted by atomic mass is 10.1. The van der Waals surface area contributed by atoms with Crippen molar-refractivity contribution in [2.45, 2.75) is 99.3 Å². The highest BCUT2D eigenvalue weighted by Gasteiger charge is 2.51. The lowest BCUT2D eigenvalue weighted by molar-refractivity contribution is -0.236. The van der Waals surface area contributed by atoms with Gasteiger partial charge in [-0.05, 0) is 108 Å². The van der Waals surface area contributed by atoms with Gasteiger partial charge in [0, 0.05) is 64.5 Å². The molecule has 18 atom stereocenters. The number of para-hydroxylation sites is 2. The molecule has 1 amide bonds. The van der Waals surface area contributed by atoms with Crippen LogP contribution in [-0.4, -0.2) is 156 Å². The highest BCUT2D eigenvalue weighted by Crippen LogP contribution is 2.59. The number of aliphatic hydroxyl groups is 3. The molecule has 3 aliphatic heterocycles. The van der Waals surface area contributed by atoms with Crippen molar-refractivity contribution in [1.29, 1.82) is 0 Å². The Labute approximate surface area is 688 Å². The van der Waals surface area contributed by atoms with E-state index in [1.807, 2.05) is 37.5 Å². The number of esters is 1. The second-order valence-electron chi connectivity index (χ2n) is 25.2. The first-order valence-electron chi connectivity index (χ1n) is 34.8. The summed E-state index contributed by atoms with van der Waals surface area (Å²) in [5.74, 6) is -0.308. The molecule has 3 saturated heterocycles. The lowest BCUT2D eigenvalue weighted by Crippen LogP contribution is -2.41. The predicted molar refractivity (Wildman–Crippen MR) is 407 cm³/mol. The van der Waals surface area contributed by atoms with Gasteiger partial charge in [0.1, 0.15) is 70.9 Å². The second-order valence-corrected chi connectivity index (χ2v) is 36.5. The Morgan fingerprint density at radius 1 is 0.500 bits per heavy atom. The van der Waals surface area contributed by atoms with E-state index < -0.39 is 210 Å². The van der Waals surface area contributed by atoms with E-state index in [4.69, 9.17) is 48.2 Å². The third-order valence-electron chi connectivity index (χ3n) is 16.4. The first-order valence-corrected chi connectivity index (χ1v) is 45.5. The van der Waals surface area contributed by atoms with Crippen LogP contribution in [0.1, 0.15) is 53.5 Å². The van der Waals surface area contributed by atoms with Gasteiger partial charge in [-0.25, -0.2) is 28.8 Å². The molecule has 3 aromatic heterocycles. The quantitative estimate of drug-likeness (QED) is 0.00924. The molecule has 6 heterocycles. The van der Waals surface area contributed by atoms with Crippen LogP contribution in [0.25, 0.3) is 0 Å². The summed E-state index contributed by atoms with van der Waals surface area (Å²) in [6, 6.07) is 38.6. The highest BCUT2D eigenvalue weighted by molar-refractivity contribution is 14.1. The van der Waals surface area contributed by atoms with E-state index in [9.17, 15) is 115 Å². The van der Waals surface area contributed by atoms with Gasteiger partial charge in [-0.2, -0.15) is 0 Å². The normalized spacial score (nSPS) is 23.6. The fourth-order valence-corrected chi connectivity index (χ4v) is 19.9. The Morgan fingerprint density at radius 3 is 1.33 bits per heavy atom. The number of anilines is 1. The van der Waals surface area contributed by atoms with Crippen LogP contribution < -0.4 is 83.6 Å². The van der Waals surface area contributed by atoms with Crippen molar-refractivity contribution in [1.82, 2.24) is 28.7 Å². The number of hydrogen-bond donors (Lipinski definition) is 8. The maximum atomic E-state index is 12.7. The second kappa shape index (κ2) is 42.4. The number of aromatic amines is 3. The monoisotopic (exact) mass is 1910 g/mol. The smallest absolute Gasteiger partial charge is 0.514 e. The van der Waals surface area contributed by atoms with Gasteiger partial charge in [-0.3, -0.25) is 75.0 Å². The van der Waals surface area contributed by atoms with Crippen LogP contribution in [-0.2, 0) is 94.6 Å². The summed E-state index contributed by atoms with van der Waals surface area (Å²) in [7, 11) is -31.3.